The van der Waals surface area contributed by atoms with Crippen LogP contribution in [0.15, 0.2) is 30.3 Å². The first kappa shape index (κ1) is 16.3. The zero-order valence-corrected chi connectivity index (χ0v) is 14.1. The molecule has 0 radical (unpaired) electrons. The van der Waals surface area contributed by atoms with E-state index in [4.69, 9.17) is 0 Å². The Balaban J connectivity index is 1.78. The molecule has 1 aliphatic carbocycles. The van der Waals surface area contributed by atoms with Crippen molar-refractivity contribution in [3.8, 4) is 0 Å². The number of halogens is 4. The molecule has 1 amide bonds. The second-order valence-corrected chi connectivity index (χ2v) is 6.57. The van der Waals surface area contributed by atoms with Crippen molar-refractivity contribution in [2.75, 3.05) is 5.32 Å². The van der Waals surface area contributed by atoms with Gasteiger partial charge in [0.15, 0.2) is 5.69 Å². The van der Waals surface area contributed by atoms with Crippen molar-refractivity contribution >= 4 is 34.2 Å². The van der Waals surface area contributed by atoms with Crippen molar-refractivity contribution in [1.82, 2.24) is 9.78 Å². The summed E-state index contributed by atoms with van der Waals surface area (Å²) in [5.41, 5.74) is 0.172. The Bertz CT molecular complexity index is 738. The molecule has 0 aliphatic heterocycles. The van der Waals surface area contributed by atoms with E-state index in [9.17, 15) is 18.0 Å². The lowest BCUT2D eigenvalue weighted by atomic mass is 10.2. The van der Waals surface area contributed by atoms with E-state index in [2.05, 4.69) is 33.0 Å². The highest BCUT2D eigenvalue weighted by Crippen LogP contribution is 2.42. The molecule has 1 saturated carbocycles. The van der Waals surface area contributed by atoms with Crippen LogP contribution >= 0.6 is 22.6 Å². The predicted octanol–water partition coefficient (Wildman–Crippen LogP) is 4.02. The molecule has 122 valence electrons. The third-order valence-corrected chi connectivity index (χ3v) is 4.48. The first-order valence-electron chi connectivity index (χ1n) is 7.04. The van der Waals surface area contributed by atoms with Gasteiger partial charge in [-0.1, -0.05) is 12.1 Å². The number of para-hydroxylation sites is 1. The molecule has 4 nitrogen and oxygen atoms in total. The lowest BCUT2D eigenvalue weighted by Crippen LogP contribution is -2.21. The van der Waals surface area contributed by atoms with E-state index >= 15 is 0 Å². The number of carbonyl (C=O) groups excluding carboxylic acids is 1. The van der Waals surface area contributed by atoms with Crippen LogP contribution < -0.4 is 5.32 Å². The molecule has 0 saturated heterocycles. The van der Waals surface area contributed by atoms with Gasteiger partial charge in [0.25, 0.3) is 0 Å². The fourth-order valence-electron chi connectivity index (χ4n) is 2.29. The molecule has 8 heteroatoms. The van der Waals surface area contributed by atoms with Gasteiger partial charge in [-0.15, -0.1) is 0 Å². The van der Waals surface area contributed by atoms with Crippen LogP contribution in [-0.2, 0) is 17.5 Å². The molecular weight excluding hydrogens is 422 g/mol. The van der Waals surface area contributed by atoms with Crippen molar-refractivity contribution in [2.45, 2.75) is 31.5 Å². The summed E-state index contributed by atoms with van der Waals surface area (Å²) in [6.45, 7) is -0.229. The molecule has 0 bridgehead atoms. The summed E-state index contributed by atoms with van der Waals surface area (Å²) in [5.74, 6) is -0.323. The summed E-state index contributed by atoms with van der Waals surface area (Å²) in [4.78, 5) is 12.1. The first-order valence-corrected chi connectivity index (χ1v) is 8.12. The summed E-state index contributed by atoms with van der Waals surface area (Å²) >= 11 is 2.08. The number of nitrogens with one attached hydrogen (secondary N) is 1. The maximum absolute atomic E-state index is 12.8. The molecule has 0 atom stereocenters. The van der Waals surface area contributed by atoms with Crippen molar-refractivity contribution in [1.29, 1.82) is 0 Å². The fourth-order valence-corrected chi connectivity index (χ4v) is 2.81. The number of benzene rings is 1. The number of hydrogen-bond acceptors (Lipinski definition) is 2. The number of anilines is 1. The molecule has 1 heterocycles. The molecule has 1 aliphatic rings. The van der Waals surface area contributed by atoms with Crippen LogP contribution in [-0.4, -0.2) is 15.7 Å². The minimum absolute atomic E-state index is 0.0725. The van der Waals surface area contributed by atoms with Crippen molar-refractivity contribution in [3.63, 3.8) is 0 Å². The maximum Gasteiger partial charge on any atom is 0.435 e. The molecule has 1 fully saturated rings. The standard InChI is InChI=1S/C15H13F3IN3O/c16-15(17,18)13-7-12(9-5-6-9)22(21-13)8-14(23)20-11-4-2-1-3-10(11)19/h1-4,7,9H,5-6,8H2,(H,20,23). The monoisotopic (exact) mass is 435 g/mol. The highest BCUT2D eigenvalue weighted by molar-refractivity contribution is 14.1. The Morgan fingerprint density at radius 3 is 2.65 bits per heavy atom. The Labute approximate surface area is 144 Å². The van der Waals surface area contributed by atoms with Gasteiger partial charge in [-0.2, -0.15) is 18.3 Å². The van der Waals surface area contributed by atoms with Gasteiger partial charge in [-0.05, 0) is 53.6 Å². The second-order valence-electron chi connectivity index (χ2n) is 5.41. The molecule has 23 heavy (non-hydrogen) atoms. The van der Waals surface area contributed by atoms with Crippen LogP contribution in [0.5, 0.6) is 0 Å². The SMILES string of the molecule is O=C(Cn1nc(C(F)(F)F)cc1C1CC1)Nc1ccccc1I. The summed E-state index contributed by atoms with van der Waals surface area (Å²) in [5, 5.41) is 6.28. The Kier molecular flexibility index (Phi) is 4.35. The molecule has 0 spiro atoms. The average Bonchev–Trinajstić information content (AvgIpc) is 3.21. The van der Waals surface area contributed by atoms with Crippen molar-refractivity contribution in [3.05, 3.63) is 45.3 Å². The third-order valence-electron chi connectivity index (χ3n) is 3.54. The fraction of sp³-hybridized carbons (Fsp3) is 0.333. The topological polar surface area (TPSA) is 46.9 Å². The van der Waals surface area contributed by atoms with E-state index in [1.165, 1.54) is 4.68 Å². The summed E-state index contributed by atoms with van der Waals surface area (Å²) in [7, 11) is 0. The molecule has 1 aromatic heterocycles. The third kappa shape index (κ3) is 3.85. The Morgan fingerprint density at radius 2 is 2.04 bits per heavy atom. The number of carbonyl (C=O) groups is 1. The highest BCUT2D eigenvalue weighted by Gasteiger charge is 2.38. The number of amides is 1. The van der Waals surface area contributed by atoms with Gasteiger partial charge in [0.05, 0.1) is 5.69 Å². The number of nitrogens with zero attached hydrogens (tertiary/aromatic N) is 2. The normalized spacial score (nSPS) is 14.8. The van der Waals surface area contributed by atoms with Gasteiger partial charge in [0, 0.05) is 15.2 Å². The minimum Gasteiger partial charge on any atom is -0.324 e. The van der Waals surface area contributed by atoms with E-state index in [1.807, 2.05) is 12.1 Å². The maximum atomic E-state index is 12.8. The lowest BCUT2D eigenvalue weighted by Gasteiger charge is -2.09. The second kappa shape index (κ2) is 6.14. The Hall–Kier alpha value is -1.58. The number of hydrogen-bond donors (Lipinski definition) is 1. The van der Waals surface area contributed by atoms with Crippen molar-refractivity contribution < 1.29 is 18.0 Å². The van der Waals surface area contributed by atoms with Crippen LogP contribution in [0.3, 0.4) is 0 Å². The van der Waals surface area contributed by atoms with Crippen LogP contribution in [0.2, 0.25) is 0 Å². The van der Waals surface area contributed by atoms with Gasteiger partial charge < -0.3 is 5.32 Å². The van der Waals surface area contributed by atoms with Gasteiger partial charge in [0.2, 0.25) is 5.91 Å². The van der Waals surface area contributed by atoms with Crippen LogP contribution in [0.1, 0.15) is 30.1 Å². The predicted molar refractivity (Wildman–Crippen MR) is 87.0 cm³/mol. The largest absolute Gasteiger partial charge is 0.435 e. The quantitative estimate of drug-likeness (QED) is 0.738. The summed E-state index contributed by atoms with van der Waals surface area (Å²) < 4.78 is 40.5. The zero-order chi connectivity index (χ0) is 16.6. The minimum atomic E-state index is -4.50. The zero-order valence-electron chi connectivity index (χ0n) is 11.9. The smallest absolute Gasteiger partial charge is 0.324 e. The highest BCUT2D eigenvalue weighted by atomic mass is 127. The van der Waals surface area contributed by atoms with Crippen LogP contribution in [0, 0.1) is 3.57 Å². The van der Waals surface area contributed by atoms with E-state index in [0.29, 0.717) is 11.4 Å². The van der Waals surface area contributed by atoms with E-state index < -0.39 is 17.8 Å². The van der Waals surface area contributed by atoms with E-state index in [-0.39, 0.29) is 12.5 Å². The van der Waals surface area contributed by atoms with Gasteiger partial charge >= 0.3 is 6.18 Å². The molecule has 1 aromatic carbocycles. The molecule has 0 unspecified atom stereocenters. The summed E-state index contributed by atoms with van der Waals surface area (Å²) in [6, 6.07) is 8.25. The van der Waals surface area contributed by atoms with Crippen LogP contribution in [0.25, 0.3) is 0 Å². The Morgan fingerprint density at radius 1 is 1.35 bits per heavy atom. The van der Waals surface area contributed by atoms with Crippen molar-refractivity contribution in [2.24, 2.45) is 0 Å². The molecule has 1 N–H and O–H groups in total. The number of alkyl halides is 3. The number of aromatic nitrogens is 2. The molecule has 3 rings (SSSR count). The van der Waals surface area contributed by atoms with Gasteiger partial charge in [-0.25, -0.2) is 0 Å². The lowest BCUT2D eigenvalue weighted by molar-refractivity contribution is -0.141. The van der Waals surface area contributed by atoms with E-state index in [0.717, 1.165) is 22.5 Å². The summed E-state index contributed by atoms with van der Waals surface area (Å²) in [6.07, 6.45) is -2.83. The number of rotatable bonds is 4. The first-order chi connectivity index (χ1) is 10.8. The van der Waals surface area contributed by atoms with Gasteiger partial charge in [-0.3, -0.25) is 9.48 Å². The molecular formula is C15H13F3IN3O. The van der Waals surface area contributed by atoms with E-state index in [1.54, 1.807) is 12.1 Å². The molecule has 2 aromatic rings. The average molecular weight is 435 g/mol. The van der Waals surface area contributed by atoms with Crippen LogP contribution in [0.4, 0.5) is 18.9 Å². The van der Waals surface area contributed by atoms with Gasteiger partial charge in [0.1, 0.15) is 6.54 Å².